The van der Waals surface area contributed by atoms with Gasteiger partial charge in [-0.2, -0.15) is 0 Å². The fourth-order valence-electron chi connectivity index (χ4n) is 1.97. The summed E-state index contributed by atoms with van der Waals surface area (Å²) < 4.78 is 6.47. The first kappa shape index (κ1) is 13.4. The number of hydrogen-bond acceptors (Lipinski definition) is 1. The van der Waals surface area contributed by atoms with Gasteiger partial charge >= 0.3 is 0 Å². The highest BCUT2D eigenvalue weighted by Gasteiger charge is 2.39. The lowest BCUT2D eigenvalue weighted by atomic mass is 9.97. The molecule has 1 aromatic carbocycles. The summed E-state index contributed by atoms with van der Waals surface area (Å²) in [7, 11) is -1.73. The lowest BCUT2D eigenvalue weighted by molar-refractivity contribution is 0.486. The van der Waals surface area contributed by atoms with Crippen LogP contribution in [0.15, 0.2) is 24.3 Å². The zero-order valence-corrected chi connectivity index (χ0v) is 13.2. The van der Waals surface area contributed by atoms with Gasteiger partial charge in [0.15, 0.2) is 0 Å². The van der Waals surface area contributed by atoms with Gasteiger partial charge in [-0.3, -0.25) is 0 Å². The van der Waals surface area contributed by atoms with Crippen molar-refractivity contribution in [1.29, 1.82) is 0 Å². The van der Waals surface area contributed by atoms with Crippen LogP contribution in [0.5, 0.6) is 5.75 Å². The highest BCUT2D eigenvalue weighted by atomic mass is 28.4. The summed E-state index contributed by atoms with van der Waals surface area (Å²) in [6, 6.07) is 6.43. The van der Waals surface area contributed by atoms with Crippen molar-refractivity contribution in [1.82, 2.24) is 0 Å². The van der Waals surface area contributed by atoms with Gasteiger partial charge in [0, 0.05) is 5.56 Å². The van der Waals surface area contributed by atoms with Crippen LogP contribution in [0.3, 0.4) is 0 Å². The molecule has 0 N–H and O–H groups in total. The molecule has 1 aliphatic rings. The molecule has 0 heterocycles. The van der Waals surface area contributed by atoms with Gasteiger partial charge in [-0.1, -0.05) is 45.1 Å². The van der Waals surface area contributed by atoms with E-state index in [2.05, 4.69) is 64.2 Å². The summed E-state index contributed by atoms with van der Waals surface area (Å²) in [5.74, 6) is 1.11. The SMILES string of the molecule is CC(C)(C)[Si](C)(C)Oc1cccc2c1CCC=C2. The molecule has 18 heavy (non-hydrogen) atoms. The van der Waals surface area contributed by atoms with Crippen molar-refractivity contribution in [2.24, 2.45) is 0 Å². The quantitative estimate of drug-likeness (QED) is 0.678. The van der Waals surface area contributed by atoms with Crippen LogP contribution in [-0.4, -0.2) is 8.32 Å². The molecule has 0 aliphatic heterocycles. The van der Waals surface area contributed by atoms with Crippen LogP contribution in [0, 0.1) is 0 Å². The Labute approximate surface area is 112 Å². The van der Waals surface area contributed by atoms with Gasteiger partial charge in [0.2, 0.25) is 8.32 Å². The maximum absolute atomic E-state index is 6.47. The second-order valence-electron chi connectivity index (χ2n) is 6.63. The van der Waals surface area contributed by atoms with Crippen molar-refractivity contribution in [3.63, 3.8) is 0 Å². The smallest absolute Gasteiger partial charge is 0.250 e. The monoisotopic (exact) mass is 260 g/mol. The van der Waals surface area contributed by atoms with Crippen LogP contribution in [0.2, 0.25) is 18.1 Å². The molecule has 0 radical (unpaired) electrons. The summed E-state index contributed by atoms with van der Waals surface area (Å²) in [5.41, 5.74) is 2.72. The molecule has 0 amide bonds. The third-order valence-corrected chi connectivity index (χ3v) is 8.54. The zero-order valence-electron chi connectivity index (χ0n) is 12.2. The molecular formula is C16H24OSi. The minimum atomic E-state index is -1.73. The van der Waals surface area contributed by atoms with Crippen LogP contribution in [-0.2, 0) is 6.42 Å². The lowest BCUT2D eigenvalue weighted by Crippen LogP contribution is -2.44. The van der Waals surface area contributed by atoms with Crippen LogP contribution in [0.25, 0.3) is 6.08 Å². The van der Waals surface area contributed by atoms with Gasteiger partial charge in [0.25, 0.3) is 0 Å². The predicted molar refractivity (Wildman–Crippen MR) is 81.6 cm³/mol. The van der Waals surface area contributed by atoms with Crippen LogP contribution in [0.4, 0.5) is 0 Å². The number of fused-ring (bicyclic) bond motifs is 1. The van der Waals surface area contributed by atoms with E-state index in [1.165, 1.54) is 11.1 Å². The number of hydrogen-bond donors (Lipinski definition) is 0. The van der Waals surface area contributed by atoms with Crippen molar-refractivity contribution in [2.75, 3.05) is 0 Å². The van der Waals surface area contributed by atoms with E-state index < -0.39 is 8.32 Å². The standard InChI is InChI=1S/C16H24OSi/c1-16(2,3)18(4,5)17-15-12-8-10-13-9-6-7-11-14(13)15/h6,8-10,12H,7,11H2,1-5H3. The Balaban J connectivity index is 2.33. The first-order chi connectivity index (χ1) is 8.31. The molecule has 1 aromatic rings. The fraction of sp³-hybridized carbons (Fsp3) is 0.500. The van der Waals surface area contributed by atoms with E-state index in [4.69, 9.17) is 4.43 Å². The molecule has 1 nitrogen and oxygen atoms in total. The minimum Gasteiger partial charge on any atom is -0.543 e. The van der Waals surface area contributed by atoms with Crippen LogP contribution >= 0.6 is 0 Å². The van der Waals surface area contributed by atoms with E-state index in [-0.39, 0.29) is 5.04 Å². The molecule has 0 fully saturated rings. The number of rotatable bonds is 2. The predicted octanol–water partition coefficient (Wildman–Crippen LogP) is 5.03. The topological polar surface area (TPSA) is 9.23 Å². The average molecular weight is 260 g/mol. The van der Waals surface area contributed by atoms with E-state index >= 15 is 0 Å². The Morgan fingerprint density at radius 1 is 1.17 bits per heavy atom. The Kier molecular flexibility index (Phi) is 3.41. The van der Waals surface area contributed by atoms with E-state index in [9.17, 15) is 0 Å². The Morgan fingerprint density at radius 3 is 2.56 bits per heavy atom. The van der Waals surface area contributed by atoms with Gasteiger partial charge in [-0.05, 0) is 42.6 Å². The summed E-state index contributed by atoms with van der Waals surface area (Å²) in [5, 5.41) is 0.250. The first-order valence-electron chi connectivity index (χ1n) is 6.79. The van der Waals surface area contributed by atoms with E-state index in [0.717, 1.165) is 18.6 Å². The van der Waals surface area contributed by atoms with Crippen molar-refractivity contribution in [3.05, 3.63) is 35.4 Å². The average Bonchev–Trinajstić information content (AvgIpc) is 2.27. The molecule has 0 saturated heterocycles. The van der Waals surface area contributed by atoms with E-state index in [0.29, 0.717) is 0 Å². The van der Waals surface area contributed by atoms with Gasteiger partial charge in [0.05, 0.1) is 0 Å². The molecule has 98 valence electrons. The molecule has 0 aromatic heterocycles. The molecule has 0 bridgehead atoms. The van der Waals surface area contributed by atoms with E-state index in [1.807, 2.05) is 0 Å². The largest absolute Gasteiger partial charge is 0.543 e. The van der Waals surface area contributed by atoms with Gasteiger partial charge < -0.3 is 4.43 Å². The maximum atomic E-state index is 6.47. The van der Waals surface area contributed by atoms with Crippen molar-refractivity contribution in [3.8, 4) is 5.75 Å². The molecule has 2 heteroatoms. The number of benzene rings is 1. The Bertz CT molecular complexity index is 466. The highest BCUT2D eigenvalue weighted by Crippen LogP contribution is 2.39. The zero-order chi connectivity index (χ0) is 13.4. The van der Waals surface area contributed by atoms with Gasteiger partial charge in [-0.15, -0.1) is 0 Å². The second kappa shape index (κ2) is 4.58. The van der Waals surface area contributed by atoms with Gasteiger partial charge in [-0.25, -0.2) is 0 Å². The summed E-state index contributed by atoms with van der Waals surface area (Å²) in [4.78, 5) is 0. The normalized spacial score (nSPS) is 15.4. The lowest BCUT2D eigenvalue weighted by Gasteiger charge is -2.37. The summed E-state index contributed by atoms with van der Waals surface area (Å²) >= 11 is 0. The summed E-state index contributed by atoms with van der Waals surface area (Å²) in [6.45, 7) is 11.5. The van der Waals surface area contributed by atoms with Crippen molar-refractivity contribution in [2.45, 2.75) is 51.7 Å². The summed E-state index contributed by atoms with van der Waals surface area (Å²) in [6.07, 6.45) is 6.71. The minimum absolute atomic E-state index is 0.250. The molecule has 2 rings (SSSR count). The van der Waals surface area contributed by atoms with Crippen LogP contribution < -0.4 is 4.43 Å². The van der Waals surface area contributed by atoms with Crippen LogP contribution in [0.1, 0.15) is 38.3 Å². The Morgan fingerprint density at radius 2 is 1.89 bits per heavy atom. The number of allylic oxidation sites excluding steroid dienone is 1. The maximum Gasteiger partial charge on any atom is 0.250 e. The third kappa shape index (κ3) is 2.53. The molecule has 0 unspecified atom stereocenters. The second-order valence-corrected chi connectivity index (χ2v) is 11.4. The highest BCUT2D eigenvalue weighted by molar-refractivity contribution is 6.74. The van der Waals surface area contributed by atoms with Crippen molar-refractivity contribution >= 4 is 14.4 Å². The van der Waals surface area contributed by atoms with E-state index in [1.54, 1.807) is 0 Å². The molecule has 0 atom stereocenters. The molecular weight excluding hydrogens is 236 g/mol. The molecule has 0 saturated carbocycles. The van der Waals surface area contributed by atoms with Gasteiger partial charge in [0.1, 0.15) is 5.75 Å². The van der Waals surface area contributed by atoms with Crippen molar-refractivity contribution < 1.29 is 4.43 Å². The molecule has 1 aliphatic carbocycles. The Hall–Kier alpha value is -1.02. The first-order valence-corrected chi connectivity index (χ1v) is 9.69. The molecule has 0 spiro atoms. The fourth-order valence-corrected chi connectivity index (χ4v) is 3.02. The third-order valence-electron chi connectivity index (χ3n) is 4.20.